The van der Waals surface area contributed by atoms with E-state index >= 15 is 0 Å². The molecule has 1 aromatic heterocycles. The molecule has 0 radical (unpaired) electrons. The molecule has 0 atom stereocenters. The molecule has 2 amide bonds. The van der Waals surface area contributed by atoms with E-state index in [4.69, 9.17) is 0 Å². The van der Waals surface area contributed by atoms with Gasteiger partial charge in [-0.15, -0.1) is 0 Å². The summed E-state index contributed by atoms with van der Waals surface area (Å²) in [6.07, 6.45) is 6.71. The first-order chi connectivity index (χ1) is 14.5. The highest BCUT2D eigenvalue weighted by Gasteiger charge is 2.13. The quantitative estimate of drug-likeness (QED) is 0.727. The van der Waals surface area contributed by atoms with Crippen molar-refractivity contribution >= 4 is 17.6 Å². The Balaban J connectivity index is 1.39. The molecular weight excluding hydrogens is 390 g/mol. The Labute approximate surface area is 174 Å². The van der Waals surface area contributed by atoms with Crippen LogP contribution >= 0.6 is 0 Å². The molecule has 1 aliphatic heterocycles. The third kappa shape index (κ3) is 6.23. The molecule has 2 heterocycles. The van der Waals surface area contributed by atoms with E-state index in [1.807, 2.05) is 12.1 Å². The van der Waals surface area contributed by atoms with Gasteiger partial charge in [0.1, 0.15) is 17.5 Å². The molecule has 8 heteroatoms. The highest BCUT2D eigenvalue weighted by atomic mass is 19.1. The van der Waals surface area contributed by atoms with E-state index in [1.54, 1.807) is 6.20 Å². The Hall–Kier alpha value is -3.03. The lowest BCUT2D eigenvalue weighted by molar-refractivity contribution is -0.121. The first-order valence-corrected chi connectivity index (χ1v) is 10.2. The SMILES string of the molecule is O=C(CCNC(=O)c1ccc(F)cc1F)NCc1ccc(N2CCCCCC2)nc1. The molecule has 6 nitrogen and oxygen atoms in total. The zero-order valence-electron chi connectivity index (χ0n) is 16.8. The Morgan fingerprint density at radius 1 is 1.00 bits per heavy atom. The van der Waals surface area contributed by atoms with Crippen molar-refractivity contribution in [2.75, 3.05) is 24.5 Å². The molecule has 1 fully saturated rings. The van der Waals surface area contributed by atoms with Crippen molar-refractivity contribution in [1.82, 2.24) is 15.6 Å². The fourth-order valence-corrected chi connectivity index (χ4v) is 3.36. The molecule has 160 valence electrons. The Bertz CT molecular complexity index is 866. The van der Waals surface area contributed by atoms with Gasteiger partial charge < -0.3 is 15.5 Å². The molecule has 0 spiro atoms. The number of nitrogens with one attached hydrogen (secondary N) is 2. The monoisotopic (exact) mass is 416 g/mol. The summed E-state index contributed by atoms with van der Waals surface area (Å²) >= 11 is 0. The summed E-state index contributed by atoms with van der Waals surface area (Å²) in [6, 6.07) is 6.66. The molecule has 0 aliphatic carbocycles. The predicted molar refractivity (Wildman–Crippen MR) is 110 cm³/mol. The third-order valence-corrected chi connectivity index (χ3v) is 5.04. The second-order valence-electron chi connectivity index (χ2n) is 7.33. The summed E-state index contributed by atoms with van der Waals surface area (Å²) in [5, 5.41) is 5.23. The van der Waals surface area contributed by atoms with Crippen molar-refractivity contribution in [3.63, 3.8) is 0 Å². The van der Waals surface area contributed by atoms with Gasteiger partial charge in [-0.2, -0.15) is 0 Å². The lowest BCUT2D eigenvalue weighted by Crippen LogP contribution is -2.31. The predicted octanol–water partition coefficient (Wildman–Crippen LogP) is 3.18. The fourth-order valence-electron chi connectivity index (χ4n) is 3.36. The van der Waals surface area contributed by atoms with Crippen molar-refractivity contribution in [1.29, 1.82) is 0 Å². The second-order valence-corrected chi connectivity index (χ2v) is 7.33. The van der Waals surface area contributed by atoms with Gasteiger partial charge in [0, 0.05) is 44.9 Å². The molecule has 0 unspecified atom stereocenters. The maximum absolute atomic E-state index is 13.6. The van der Waals surface area contributed by atoms with Gasteiger partial charge in [0.05, 0.1) is 5.56 Å². The van der Waals surface area contributed by atoms with Crippen LogP contribution in [0.25, 0.3) is 0 Å². The van der Waals surface area contributed by atoms with Crippen LogP contribution in [-0.4, -0.2) is 36.4 Å². The fraction of sp³-hybridized carbons (Fsp3) is 0.409. The van der Waals surface area contributed by atoms with Crippen LogP contribution in [-0.2, 0) is 11.3 Å². The molecule has 3 rings (SSSR count). The molecule has 30 heavy (non-hydrogen) atoms. The van der Waals surface area contributed by atoms with Gasteiger partial charge >= 0.3 is 0 Å². The topological polar surface area (TPSA) is 74.3 Å². The van der Waals surface area contributed by atoms with E-state index in [0.717, 1.165) is 36.6 Å². The van der Waals surface area contributed by atoms with Crippen molar-refractivity contribution < 1.29 is 18.4 Å². The summed E-state index contributed by atoms with van der Waals surface area (Å²) in [4.78, 5) is 30.7. The summed E-state index contributed by atoms with van der Waals surface area (Å²) < 4.78 is 26.5. The van der Waals surface area contributed by atoms with Crippen molar-refractivity contribution in [2.45, 2.75) is 38.6 Å². The number of nitrogens with zero attached hydrogens (tertiary/aromatic N) is 2. The van der Waals surface area contributed by atoms with Crippen molar-refractivity contribution in [3.05, 3.63) is 59.3 Å². The number of benzene rings is 1. The Kier molecular flexibility index (Phi) is 7.70. The number of aromatic nitrogens is 1. The highest BCUT2D eigenvalue weighted by Crippen LogP contribution is 2.17. The minimum Gasteiger partial charge on any atom is -0.357 e. The maximum Gasteiger partial charge on any atom is 0.254 e. The van der Waals surface area contributed by atoms with E-state index in [2.05, 4.69) is 20.5 Å². The van der Waals surface area contributed by atoms with E-state index in [9.17, 15) is 18.4 Å². The van der Waals surface area contributed by atoms with Crippen molar-refractivity contribution in [3.8, 4) is 0 Å². The number of halogens is 2. The van der Waals surface area contributed by atoms with E-state index in [-0.39, 0.29) is 24.4 Å². The van der Waals surface area contributed by atoms with Gasteiger partial charge in [0.15, 0.2) is 0 Å². The number of hydrogen-bond donors (Lipinski definition) is 2. The van der Waals surface area contributed by atoms with Gasteiger partial charge in [-0.1, -0.05) is 18.9 Å². The largest absolute Gasteiger partial charge is 0.357 e. The average Bonchev–Trinajstić information content (AvgIpc) is 3.02. The smallest absolute Gasteiger partial charge is 0.254 e. The Morgan fingerprint density at radius 2 is 1.77 bits per heavy atom. The first kappa shape index (κ1) is 21.7. The van der Waals surface area contributed by atoms with Gasteiger partial charge in [0.25, 0.3) is 5.91 Å². The summed E-state index contributed by atoms with van der Waals surface area (Å²) in [5.41, 5.74) is 0.631. The molecule has 1 aromatic carbocycles. The number of amides is 2. The third-order valence-electron chi connectivity index (χ3n) is 5.04. The molecule has 0 bridgehead atoms. The number of hydrogen-bond acceptors (Lipinski definition) is 4. The van der Waals surface area contributed by atoms with Crippen LogP contribution in [0.4, 0.5) is 14.6 Å². The summed E-state index contributed by atoms with van der Waals surface area (Å²) in [5.74, 6) is -1.66. The van der Waals surface area contributed by atoms with Crippen LogP contribution in [0.5, 0.6) is 0 Å². The molecule has 0 saturated carbocycles. The van der Waals surface area contributed by atoms with Crippen molar-refractivity contribution in [2.24, 2.45) is 0 Å². The van der Waals surface area contributed by atoms with Gasteiger partial charge in [-0.05, 0) is 36.6 Å². The number of anilines is 1. The minimum absolute atomic E-state index is 0.0492. The van der Waals surface area contributed by atoms with Crippen LogP contribution in [0.15, 0.2) is 36.5 Å². The van der Waals surface area contributed by atoms with Crippen LogP contribution in [0.1, 0.15) is 48.0 Å². The first-order valence-electron chi connectivity index (χ1n) is 10.2. The van der Waals surface area contributed by atoms with Gasteiger partial charge in [-0.25, -0.2) is 13.8 Å². The second kappa shape index (κ2) is 10.7. The summed E-state index contributed by atoms with van der Waals surface area (Å²) in [6.45, 7) is 2.44. The molecular formula is C22H26F2N4O2. The summed E-state index contributed by atoms with van der Waals surface area (Å²) in [7, 11) is 0. The number of carbonyl (C=O) groups is 2. The molecule has 1 saturated heterocycles. The minimum atomic E-state index is -0.937. The van der Waals surface area contributed by atoms with Crippen LogP contribution in [0.3, 0.4) is 0 Å². The zero-order valence-corrected chi connectivity index (χ0v) is 16.8. The van der Waals surface area contributed by atoms with Crippen LogP contribution in [0.2, 0.25) is 0 Å². The van der Waals surface area contributed by atoms with Crippen LogP contribution in [0, 0.1) is 11.6 Å². The normalized spacial score (nSPS) is 14.1. The maximum atomic E-state index is 13.6. The Morgan fingerprint density at radius 3 is 2.43 bits per heavy atom. The zero-order chi connectivity index (χ0) is 21.3. The molecule has 1 aliphatic rings. The number of pyridine rings is 1. The molecule has 2 N–H and O–H groups in total. The number of rotatable bonds is 7. The lowest BCUT2D eigenvalue weighted by atomic mass is 10.2. The highest BCUT2D eigenvalue weighted by molar-refractivity contribution is 5.94. The standard InChI is InChI=1S/C22H26F2N4O2/c23-17-6-7-18(19(24)13-17)22(30)25-10-9-21(29)27-15-16-5-8-20(26-14-16)28-11-3-1-2-4-12-28/h5-8,13-14H,1-4,9-12,15H2,(H,25,30)(H,27,29). The van der Waals surface area contributed by atoms with Gasteiger partial charge in [-0.3, -0.25) is 9.59 Å². The average molecular weight is 416 g/mol. The number of carbonyl (C=O) groups excluding carboxylic acids is 2. The molecule has 2 aromatic rings. The van der Waals surface area contributed by atoms with Gasteiger partial charge in [0.2, 0.25) is 5.91 Å². The van der Waals surface area contributed by atoms with E-state index in [1.165, 1.54) is 25.7 Å². The van der Waals surface area contributed by atoms with E-state index in [0.29, 0.717) is 12.6 Å². The van der Waals surface area contributed by atoms with E-state index < -0.39 is 17.5 Å². The lowest BCUT2D eigenvalue weighted by Gasteiger charge is -2.21. The van der Waals surface area contributed by atoms with Crippen LogP contribution < -0.4 is 15.5 Å².